The van der Waals surface area contributed by atoms with Crippen LogP contribution in [0, 0.1) is 0 Å². The summed E-state index contributed by atoms with van der Waals surface area (Å²) in [6.07, 6.45) is 2.59. The van der Waals surface area contributed by atoms with Crippen LogP contribution >= 0.6 is 11.9 Å². The first kappa shape index (κ1) is 7.38. The molecule has 1 atom stereocenters. The van der Waals surface area contributed by atoms with Crippen molar-refractivity contribution < 1.29 is 4.74 Å². The number of ether oxygens (including phenoxy) is 1. The lowest BCUT2D eigenvalue weighted by Crippen LogP contribution is -2.31. The van der Waals surface area contributed by atoms with Gasteiger partial charge in [-0.05, 0) is 12.8 Å². The zero-order valence-electron chi connectivity index (χ0n) is 5.72. The van der Waals surface area contributed by atoms with Gasteiger partial charge < -0.3 is 4.74 Å². The molecule has 0 aromatic heterocycles. The maximum Gasteiger partial charge on any atom is 0.0624 e. The predicted octanol–water partition coefficient (Wildman–Crippen LogP) is 1.03. The summed E-state index contributed by atoms with van der Waals surface area (Å²) < 4.78 is 8.32. The number of methoxy groups -OCH3 is 1. The zero-order valence-corrected chi connectivity index (χ0v) is 6.54. The Labute approximate surface area is 60.5 Å². The van der Waals surface area contributed by atoms with Gasteiger partial charge in [-0.2, -0.15) is 0 Å². The molecule has 1 aliphatic rings. The molecule has 9 heavy (non-hydrogen) atoms. The van der Waals surface area contributed by atoms with E-state index in [9.17, 15) is 0 Å². The minimum atomic E-state index is 0.591. The monoisotopic (exact) mass is 147 g/mol. The first-order chi connectivity index (χ1) is 4.43. The summed E-state index contributed by atoms with van der Waals surface area (Å²) in [6.45, 7) is 0.854. The van der Waals surface area contributed by atoms with E-state index in [2.05, 4.69) is 4.72 Å². The normalized spacial score (nSPS) is 28.3. The molecule has 1 heterocycles. The molecule has 0 bridgehead atoms. The standard InChI is InChI=1S/C6H13NOS/c1-8-5-6-3-2-4-9-7-6/h6-7H,2-5H2,1H3. The van der Waals surface area contributed by atoms with Crippen molar-refractivity contribution in [2.24, 2.45) is 0 Å². The molecule has 1 fully saturated rings. The lowest BCUT2D eigenvalue weighted by Gasteiger charge is -2.21. The van der Waals surface area contributed by atoms with Crippen molar-refractivity contribution in [1.29, 1.82) is 0 Å². The molecule has 3 heteroatoms. The minimum absolute atomic E-state index is 0.591. The SMILES string of the molecule is COCC1CCCSN1. The highest BCUT2D eigenvalue weighted by Crippen LogP contribution is 2.12. The van der Waals surface area contributed by atoms with Gasteiger partial charge in [0.25, 0.3) is 0 Å². The Morgan fingerprint density at radius 3 is 3.22 bits per heavy atom. The van der Waals surface area contributed by atoms with Gasteiger partial charge in [-0.15, -0.1) is 0 Å². The second-order valence-corrected chi connectivity index (χ2v) is 3.19. The van der Waals surface area contributed by atoms with Crippen molar-refractivity contribution in [1.82, 2.24) is 4.72 Å². The van der Waals surface area contributed by atoms with E-state index < -0.39 is 0 Å². The van der Waals surface area contributed by atoms with Gasteiger partial charge in [-0.3, -0.25) is 4.72 Å². The van der Waals surface area contributed by atoms with Crippen LogP contribution in [0.2, 0.25) is 0 Å². The maximum absolute atomic E-state index is 5.01. The van der Waals surface area contributed by atoms with Gasteiger partial charge in [0.2, 0.25) is 0 Å². The van der Waals surface area contributed by atoms with Gasteiger partial charge in [-0.1, -0.05) is 11.9 Å². The van der Waals surface area contributed by atoms with Gasteiger partial charge in [0.15, 0.2) is 0 Å². The number of nitrogens with one attached hydrogen (secondary N) is 1. The molecule has 0 saturated carbocycles. The molecule has 0 aromatic carbocycles. The Morgan fingerprint density at radius 1 is 1.78 bits per heavy atom. The fourth-order valence-corrected chi connectivity index (χ4v) is 1.81. The summed E-state index contributed by atoms with van der Waals surface area (Å²) in [5.41, 5.74) is 0. The summed E-state index contributed by atoms with van der Waals surface area (Å²) in [6, 6.07) is 0.591. The molecule has 0 radical (unpaired) electrons. The molecule has 1 rings (SSSR count). The second kappa shape index (κ2) is 4.14. The first-order valence-corrected chi connectivity index (χ1v) is 4.28. The van der Waals surface area contributed by atoms with Crippen LogP contribution in [0.4, 0.5) is 0 Å². The van der Waals surface area contributed by atoms with Crippen molar-refractivity contribution in [2.75, 3.05) is 19.5 Å². The van der Waals surface area contributed by atoms with Crippen molar-refractivity contribution in [3.8, 4) is 0 Å². The fourth-order valence-electron chi connectivity index (χ4n) is 0.956. The Morgan fingerprint density at radius 2 is 2.67 bits per heavy atom. The van der Waals surface area contributed by atoms with Crippen molar-refractivity contribution in [2.45, 2.75) is 18.9 Å². The molecule has 1 saturated heterocycles. The van der Waals surface area contributed by atoms with Crippen LogP contribution in [0.1, 0.15) is 12.8 Å². The van der Waals surface area contributed by atoms with Crippen LogP contribution in [-0.2, 0) is 4.74 Å². The van der Waals surface area contributed by atoms with E-state index in [1.54, 1.807) is 7.11 Å². The Hall–Kier alpha value is 0.270. The van der Waals surface area contributed by atoms with E-state index in [0.717, 1.165) is 6.61 Å². The summed E-state index contributed by atoms with van der Waals surface area (Å²) in [4.78, 5) is 0. The molecule has 1 N–H and O–H groups in total. The van der Waals surface area contributed by atoms with Crippen LogP contribution < -0.4 is 4.72 Å². The molecule has 54 valence electrons. The van der Waals surface area contributed by atoms with Crippen LogP contribution in [0.25, 0.3) is 0 Å². The third-order valence-electron chi connectivity index (χ3n) is 1.42. The molecule has 1 unspecified atom stereocenters. The maximum atomic E-state index is 5.01. The van der Waals surface area contributed by atoms with Crippen LogP contribution in [0.5, 0.6) is 0 Å². The van der Waals surface area contributed by atoms with E-state index in [-0.39, 0.29) is 0 Å². The lowest BCUT2D eigenvalue weighted by atomic mass is 10.2. The fraction of sp³-hybridized carbons (Fsp3) is 1.00. The summed E-state index contributed by atoms with van der Waals surface area (Å²) in [5.74, 6) is 1.25. The summed E-state index contributed by atoms with van der Waals surface area (Å²) in [5, 5.41) is 0. The highest BCUT2D eigenvalue weighted by atomic mass is 32.2. The minimum Gasteiger partial charge on any atom is -0.383 e. The average Bonchev–Trinajstić information content (AvgIpc) is 1.91. The molecule has 2 nitrogen and oxygen atoms in total. The number of rotatable bonds is 2. The average molecular weight is 147 g/mol. The largest absolute Gasteiger partial charge is 0.383 e. The highest BCUT2D eigenvalue weighted by molar-refractivity contribution is 7.97. The third-order valence-corrected chi connectivity index (χ3v) is 2.41. The van der Waals surface area contributed by atoms with Crippen LogP contribution in [0.15, 0.2) is 0 Å². The Bertz CT molecular complexity index is 70.7. The van der Waals surface area contributed by atoms with E-state index in [1.807, 2.05) is 11.9 Å². The molecular weight excluding hydrogens is 134 g/mol. The van der Waals surface area contributed by atoms with E-state index in [0.29, 0.717) is 6.04 Å². The van der Waals surface area contributed by atoms with Crippen LogP contribution in [-0.4, -0.2) is 25.5 Å². The van der Waals surface area contributed by atoms with E-state index in [1.165, 1.54) is 18.6 Å². The van der Waals surface area contributed by atoms with Gasteiger partial charge in [0.05, 0.1) is 6.61 Å². The Kier molecular flexibility index (Phi) is 3.40. The zero-order chi connectivity index (χ0) is 6.53. The van der Waals surface area contributed by atoms with Crippen molar-refractivity contribution >= 4 is 11.9 Å². The predicted molar refractivity (Wildman–Crippen MR) is 40.5 cm³/mol. The van der Waals surface area contributed by atoms with Gasteiger partial charge in [0.1, 0.15) is 0 Å². The first-order valence-electron chi connectivity index (χ1n) is 3.29. The topological polar surface area (TPSA) is 21.3 Å². The molecule has 0 aromatic rings. The highest BCUT2D eigenvalue weighted by Gasteiger charge is 2.11. The molecular formula is C6H13NOS. The molecule has 0 amide bonds. The summed E-state index contributed by atoms with van der Waals surface area (Å²) in [7, 11) is 1.75. The van der Waals surface area contributed by atoms with Gasteiger partial charge >= 0.3 is 0 Å². The Balaban J connectivity index is 2.08. The lowest BCUT2D eigenvalue weighted by molar-refractivity contribution is 0.171. The van der Waals surface area contributed by atoms with Gasteiger partial charge in [-0.25, -0.2) is 0 Å². The van der Waals surface area contributed by atoms with Gasteiger partial charge in [0, 0.05) is 18.9 Å². The summed E-state index contributed by atoms with van der Waals surface area (Å²) >= 11 is 1.81. The van der Waals surface area contributed by atoms with E-state index >= 15 is 0 Å². The third kappa shape index (κ3) is 2.56. The number of hydrogen-bond donors (Lipinski definition) is 1. The smallest absolute Gasteiger partial charge is 0.0624 e. The second-order valence-electron chi connectivity index (χ2n) is 2.26. The van der Waals surface area contributed by atoms with E-state index in [4.69, 9.17) is 4.74 Å². The number of hydrogen-bond acceptors (Lipinski definition) is 3. The van der Waals surface area contributed by atoms with Crippen LogP contribution in [0.3, 0.4) is 0 Å². The van der Waals surface area contributed by atoms with Crippen molar-refractivity contribution in [3.05, 3.63) is 0 Å². The molecule has 1 aliphatic heterocycles. The molecule has 0 aliphatic carbocycles. The quantitative estimate of drug-likeness (QED) is 0.589. The van der Waals surface area contributed by atoms with Crippen molar-refractivity contribution in [3.63, 3.8) is 0 Å². The molecule has 0 spiro atoms.